The van der Waals surface area contributed by atoms with Gasteiger partial charge in [-0.15, -0.1) is 0 Å². The maximum atomic E-state index is 13.1. The number of fused-ring (bicyclic) bond motifs is 2. The molecule has 0 fully saturated rings. The summed E-state index contributed by atoms with van der Waals surface area (Å²) in [5, 5.41) is 13.6. The average molecular weight is 366 g/mol. The van der Waals surface area contributed by atoms with Gasteiger partial charge >= 0.3 is 0 Å². The molecule has 3 aromatic rings. The molecule has 2 heterocycles. The summed E-state index contributed by atoms with van der Waals surface area (Å²) in [7, 11) is 0. The van der Waals surface area contributed by atoms with E-state index in [9.17, 15) is 10.1 Å². The number of rotatable bonds is 2. The predicted octanol–water partition coefficient (Wildman–Crippen LogP) is 4.35. The molecular formula is C18H12BrN3O. The maximum Gasteiger partial charge on any atom is 0.195 e. The Morgan fingerprint density at radius 2 is 2.00 bits per heavy atom. The lowest BCUT2D eigenvalue weighted by Gasteiger charge is -2.25. The Balaban J connectivity index is 1.98. The van der Waals surface area contributed by atoms with Crippen LogP contribution in [0.25, 0.3) is 10.9 Å². The zero-order valence-electron chi connectivity index (χ0n) is 12.1. The molecule has 0 saturated heterocycles. The summed E-state index contributed by atoms with van der Waals surface area (Å²) in [6.07, 6.45) is 1.89. The number of aromatic amines is 1. The number of hydrogen-bond donors (Lipinski definition) is 2. The van der Waals surface area contributed by atoms with E-state index in [0.717, 1.165) is 26.6 Å². The van der Waals surface area contributed by atoms with Crippen molar-refractivity contribution in [2.24, 2.45) is 0 Å². The molecule has 2 aromatic carbocycles. The smallest absolute Gasteiger partial charge is 0.195 e. The van der Waals surface area contributed by atoms with E-state index >= 15 is 0 Å². The van der Waals surface area contributed by atoms with Crippen LogP contribution in [0.15, 0.2) is 53.1 Å². The second kappa shape index (κ2) is 4.97. The largest absolute Gasteiger partial charge is 0.367 e. The number of hydrogen-bond acceptors (Lipinski definition) is 3. The molecule has 2 N–H and O–H groups in total. The van der Waals surface area contributed by atoms with Crippen LogP contribution in [0.4, 0.5) is 5.69 Å². The van der Waals surface area contributed by atoms with Gasteiger partial charge in [-0.3, -0.25) is 4.79 Å². The third kappa shape index (κ3) is 1.85. The van der Waals surface area contributed by atoms with Gasteiger partial charge in [-0.05, 0) is 34.1 Å². The number of H-pyrrole nitrogens is 1. The Morgan fingerprint density at radius 3 is 2.78 bits per heavy atom. The first-order valence-corrected chi connectivity index (χ1v) is 8.02. The molecule has 0 saturated carbocycles. The van der Waals surface area contributed by atoms with Gasteiger partial charge in [0, 0.05) is 32.9 Å². The summed E-state index contributed by atoms with van der Waals surface area (Å²) < 4.78 is 0.927. The lowest BCUT2D eigenvalue weighted by atomic mass is 9.83. The number of nitrogens with zero attached hydrogens (tertiary/aromatic N) is 1. The Kier molecular flexibility index (Phi) is 3.03. The predicted molar refractivity (Wildman–Crippen MR) is 92.3 cm³/mol. The third-order valence-electron chi connectivity index (χ3n) is 4.38. The standard InChI is InChI=1S/C18H12BrN3O/c19-14-6-3-5-11-13(10-21-16(11)14)18(8-9-20)17(23)12-4-1-2-7-15(12)22-18/h1-7,10,21-22H,8H2. The van der Waals surface area contributed by atoms with Crippen LogP contribution in [0, 0.1) is 11.3 Å². The van der Waals surface area contributed by atoms with E-state index in [1.165, 1.54) is 0 Å². The SMILES string of the molecule is N#CCC1(c2c[nH]c3c(Br)cccc23)Nc2ccccc2C1=O. The van der Waals surface area contributed by atoms with E-state index in [0.29, 0.717) is 5.56 Å². The van der Waals surface area contributed by atoms with Crippen LogP contribution in [0.3, 0.4) is 0 Å². The highest BCUT2D eigenvalue weighted by Gasteiger charge is 2.47. The molecule has 0 bridgehead atoms. The minimum absolute atomic E-state index is 0.0597. The van der Waals surface area contributed by atoms with Crippen molar-refractivity contribution < 1.29 is 4.79 Å². The molecule has 1 aliphatic heterocycles. The van der Waals surface area contributed by atoms with Crippen molar-refractivity contribution in [3.05, 3.63) is 64.3 Å². The van der Waals surface area contributed by atoms with Crippen molar-refractivity contribution in [3.8, 4) is 6.07 Å². The summed E-state index contributed by atoms with van der Waals surface area (Å²) in [6.45, 7) is 0. The minimum Gasteiger partial charge on any atom is -0.367 e. The Bertz CT molecular complexity index is 985. The van der Waals surface area contributed by atoms with E-state index in [-0.39, 0.29) is 12.2 Å². The van der Waals surface area contributed by atoms with Crippen LogP contribution in [0.2, 0.25) is 0 Å². The number of carbonyl (C=O) groups excluding carboxylic acids is 1. The number of anilines is 1. The number of carbonyl (C=O) groups is 1. The minimum atomic E-state index is -1.04. The maximum absolute atomic E-state index is 13.1. The monoisotopic (exact) mass is 365 g/mol. The van der Waals surface area contributed by atoms with E-state index in [4.69, 9.17) is 0 Å². The van der Waals surface area contributed by atoms with Gasteiger partial charge in [-0.1, -0.05) is 24.3 Å². The van der Waals surface area contributed by atoms with Crippen molar-refractivity contribution in [3.63, 3.8) is 0 Å². The molecule has 1 atom stereocenters. The highest BCUT2D eigenvalue weighted by atomic mass is 79.9. The van der Waals surface area contributed by atoms with Gasteiger partial charge < -0.3 is 10.3 Å². The van der Waals surface area contributed by atoms with Gasteiger partial charge in [-0.25, -0.2) is 0 Å². The van der Waals surface area contributed by atoms with Crippen molar-refractivity contribution in [2.75, 3.05) is 5.32 Å². The fourth-order valence-corrected chi connectivity index (χ4v) is 3.79. The first-order chi connectivity index (χ1) is 11.2. The summed E-state index contributed by atoms with van der Waals surface area (Å²) >= 11 is 3.52. The average Bonchev–Trinajstić information content (AvgIpc) is 3.10. The summed E-state index contributed by atoms with van der Waals surface area (Å²) in [6, 6.07) is 15.4. The number of para-hydroxylation sites is 2. The van der Waals surface area contributed by atoms with Crippen LogP contribution < -0.4 is 5.32 Å². The van der Waals surface area contributed by atoms with E-state index < -0.39 is 5.54 Å². The quantitative estimate of drug-likeness (QED) is 0.709. The van der Waals surface area contributed by atoms with Crippen LogP contribution in [0.5, 0.6) is 0 Å². The molecule has 4 nitrogen and oxygen atoms in total. The lowest BCUT2D eigenvalue weighted by molar-refractivity contribution is 0.0920. The number of halogens is 1. The zero-order valence-corrected chi connectivity index (χ0v) is 13.6. The van der Waals surface area contributed by atoms with Gasteiger partial charge in [0.05, 0.1) is 18.0 Å². The van der Waals surface area contributed by atoms with Crippen molar-refractivity contribution in [1.82, 2.24) is 4.98 Å². The highest BCUT2D eigenvalue weighted by Crippen LogP contribution is 2.44. The third-order valence-corrected chi connectivity index (χ3v) is 5.04. The Labute approximate surface area is 141 Å². The van der Waals surface area contributed by atoms with Crippen LogP contribution in [0.1, 0.15) is 22.3 Å². The number of Topliss-reactive ketones (excluding diaryl/α,β-unsaturated/α-hetero) is 1. The summed E-state index contributed by atoms with van der Waals surface area (Å²) in [4.78, 5) is 16.3. The zero-order chi connectivity index (χ0) is 16.0. The topological polar surface area (TPSA) is 68.7 Å². The summed E-state index contributed by atoms with van der Waals surface area (Å²) in [5.41, 5.74) is 2.09. The first kappa shape index (κ1) is 14.0. The van der Waals surface area contributed by atoms with E-state index in [1.807, 2.05) is 42.6 Å². The molecule has 0 radical (unpaired) electrons. The Hall–Kier alpha value is -2.58. The van der Waals surface area contributed by atoms with E-state index in [2.05, 4.69) is 32.3 Å². The highest BCUT2D eigenvalue weighted by molar-refractivity contribution is 9.10. The molecular weight excluding hydrogens is 354 g/mol. The van der Waals surface area contributed by atoms with Gasteiger partial charge in [0.2, 0.25) is 0 Å². The second-order valence-electron chi connectivity index (χ2n) is 5.60. The van der Waals surface area contributed by atoms with Crippen molar-refractivity contribution >= 4 is 38.3 Å². The molecule has 1 aromatic heterocycles. The molecule has 1 aliphatic rings. The van der Waals surface area contributed by atoms with Gasteiger partial charge in [0.1, 0.15) is 5.54 Å². The molecule has 23 heavy (non-hydrogen) atoms. The van der Waals surface area contributed by atoms with Gasteiger partial charge in [0.25, 0.3) is 0 Å². The van der Waals surface area contributed by atoms with Crippen molar-refractivity contribution in [2.45, 2.75) is 12.0 Å². The molecule has 0 amide bonds. The van der Waals surface area contributed by atoms with Gasteiger partial charge in [-0.2, -0.15) is 5.26 Å². The Morgan fingerprint density at radius 1 is 1.17 bits per heavy atom. The lowest BCUT2D eigenvalue weighted by Crippen LogP contribution is -2.38. The number of benzene rings is 2. The molecule has 1 unspecified atom stereocenters. The number of aromatic nitrogens is 1. The molecule has 5 heteroatoms. The number of ketones is 1. The van der Waals surface area contributed by atoms with Crippen molar-refractivity contribution in [1.29, 1.82) is 5.26 Å². The fourth-order valence-electron chi connectivity index (χ4n) is 3.31. The van der Waals surface area contributed by atoms with Crippen LogP contribution >= 0.6 is 15.9 Å². The number of nitriles is 1. The fraction of sp³-hybridized carbons (Fsp3) is 0.111. The molecule has 0 aliphatic carbocycles. The van der Waals surface area contributed by atoms with Crippen LogP contribution in [-0.4, -0.2) is 10.8 Å². The molecule has 0 spiro atoms. The van der Waals surface area contributed by atoms with Crippen LogP contribution in [-0.2, 0) is 5.54 Å². The second-order valence-corrected chi connectivity index (χ2v) is 6.46. The summed E-state index contributed by atoms with van der Waals surface area (Å²) in [5.74, 6) is -0.0597. The molecule has 4 rings (SSSR count). The number of nitrogens with one attached hydrogen (secondary N) is 2. The van der Waals surface area contributed by atoms with E-state index in [1.54, 1.807) is 6.07 Å². The normalized spacial score (nSPS) is 19.4. The first-order valence-electron chi connectivity index (χ1n) is 7.22. The molecule has 112 valence electrons. The van der Waals surface area contributed by atoms with Gasteiger partial charge in [0.15, 0.2) is 5.78 Å².